The predicted octanol–water partition coefficient (Wildman–Crippen LogP) is 3.16. The molecular formula is C28H35N7O2. The zero-order valence-electron chi connectivity index (χ0n) is 21.6. The highest BCUT2D eigenvalue weighted by molar-refractivity contribution is 5.79. The standard InChI is InChI=1S/C28H35N7O2/c1-3-26(27-30-31-32-35(27)19-22-7-5-4-6-8-22)34(12-11-33-13-15-37-16-14-33)20-24-18-23-17-21(2)9-10-25(23)29-28(24)36/h4-10,17-18,26H,3,11-16,19-20H2,1-2H3,(H,29,36). The number of ether oxygens (including phenoxy) is 1. The SMILES string of the molecule is CCC(c1nnnn1Cc1ccccc1)N(CCN1CCOCC1)Cc1cc2cc(C)ccc2[nH]c1=O. The Hall–Kier alpha value is -3.40. The smallest absolute Gasteiger partial charge is 0.252 e. The first-order chi connectivity index (χ1) is 18.1. The fourth-order valence-electron chi connectivity index (χ4n) is 5.07. The summed E-state index contributed by atoms with van der Waals surface area (Å²) in [5.41, 5.74) is 3.87. The highest BCUT2D eigenvalue weighted by atomic mass is 16.5. The van der Waals surface area contributed by atoms with Crippen LogP contribution in [0.4, 0.5) is 0 Å². The number of hydrogen-bond acceptors (Lipinski definition) is 7. The number of morpholine rings is 1. The van der Waals surface area contributed by atoms with Crippen LogP contribution in [-0.2, 0) is 17.8 Å². The second kappa shape index (κ2) is 11.8. The van der Waals surface area contributed by atoms with Crippen LogP contribution < -0.4 is 5.56 Å². The molecule has 2 aromatic carbocycles. The van der Waals surface area contributed by atoms with E-state index in [0.29, 0.717) is 13.1 Å². The molecule has 9 heteroatoms. The van der Waals surface area contributed by atoms with Crippen LogP contribution in [-0.4, -0.2) is 74.4 Å². The van der Waals surface area contributed by atoms with Gasteiger partial charge < -0.3 is 9.72 Å². The maximum Gasteiger partial charge on any atom is 0.252 e. The summed E-state index contributed by atoms with van der Waals surface area (Å²) in [5.74, 6) is 0.821. The van der Waals surface area contributed by atoms with E-state index in [-0.39, 0.29) is 11.6 Å². The Morgan fingerprint density at radius 2 is 1.92 bits per heavy atom. The number of rotatable bonds is 10. The number of fused-ring (bicyclic) bond motifs is 1. The number of benzene rings is 2. The average molecular weight is 502 g/mol. The highest BCUT2D eigenvalue weighted by Gasteiger charge is 2.26. The fraction of sp³-hybridized carbons (Fsp3) is 0.429. The van der Waals surface area contributed by atoms with Gasteiger partial charge in [-0.3, -0.25) is 14.6 Å². The van der Waals surface area contributed by atoms with E-state index >= 15 is 0 Å². The van der Waals surface area contributed by atoms with Gasteiger partial charge in [0.2, 0.25) is 0 Å². The molecule has 9 nitrogen and oxygen atoms in total. The maximum absolute atomic E-state index is 13.1. The Morgan fingerprint density at radius 1 is 1.11 bits per heavy atom. The van der Waals surface area contributed by atoms with E-state index < -0.39 is 0 Å². The molecule has 0 amide bonds. The largest absolute Gasteiger partial charge is 0.379 e. The lowest BCUT2D eigenvalue weighted by molar-refractivity contribution is 0.0292. The Morgan fingerprint density at radius 3 is 2.70 bits per heavy atom. The summed E-state index contributed by atoms with van der Waals surface area (Å²) in [5, 5.41) is 13.9. The molecule has 1 aliphatic heterocycles. The summed E-state index contributed by atoms with van der Waals surface area (Å²) in [6, 6.07) is 18.3. The minimum Gasteiger partial charge on any atom is -0.379 e. The minimum absolute atomic E-state index is 0.0349. The molecule has 2 aromatic heterocycles. The molecule has 1 saturated heterocycles. The van der Waals surface area contributed by atoms with Crippen molar-refractivity contribution < 1.29 is 4.74 Å². The molecule has 5 rings (SSSR count). The third kappa shape index (κ3) is 6.12. The third-order valence-corrected chi connectivity index (χ3v) is 7.12. The van der Waals surface area contributed by atoms with Crippen LogP contribution in [0.5, 0.6) is 0 Å². The minimum atomic E-state index is -0.0496. The summed E-state index contributed by atoms with van der Waals surface area (Å²) >= 11 is 0. The van der Waals surface area contributed by atoms with Crippen molar-refractivity contribution in [1.29, 1.82) is 0 Å². The molecule has 0 spiro atoms. The molecule has 0 bridgehead atoms. The number of hydrogen-bond donors (Lipinski definition) is 1. The lowest BCUT2D eigenvalue weighted by Gasteiger charge is -2.33. The monoisotopic (exact) mass is 501 g/mol. The van der Waals surface area contributed by atoms with Gasteiger partial charge >= 0.3 is 0 Å². The first kappa shape index (κ1) is 25.3. The Kier molecular flexibility index (Phi) is 8.03. The topological polar surface area (TPSA) is 92.2 Å². The first-order valence-electron chi connectivity index (χ1n) is 13.1. The Balaban J connectivity index is 1.45. The lowest BCUT2D eigenvalue weighted by atomic mass is 10.1. The molecule has 37 heavy (non-hydrogen) atoms. The lowest BCUT2D eigenvalue weighted by Crippen LogP contribution is -2.43. The van der Waals surface area contributed by atoms with Gasteiger partial charge in [0.25, 0.3) is 5.56 Å². The van der Waals surface area contributed by atoms with Crippen molar-refractivity contribution in [3.63, 3.8) is 0 Å². The molecular weight excluding hydrogens is 466 g/mol. The van der Waals surface area contributed by atoms with Crippen LogP contribution >= 0.6 is 0 Å². The molecule has 4 aromatic rings. The number of tetrazole rings is 1. The van der Waals surface area contributed by atoms with Crippen molar-refractivity contribution in [1.82, 2.24) is 35.0 Å². The van der Waals surface area contributed by atoms with Crippen molar-refractivity contribution in [2.45, 2.75) is 39.4 Å². The van der Waals surface area contributed by atoms with E-state index in [9.17, 15) is 4.79 Å². The molecule has 0 aliphatic carbocycles. The van der Waals surface area contributed by atoms with Gasteiger partial charge in [-0.05, 0) is 52.9 Å². The molecule has 1 aliphatic rings. The number of aromatic nitrogens is 5. The molecule has 0 radical (unpaired) electrons. The normalized spacial score (nSPS) is 15.4. The van der Waals surface area contributed by atoms with Gasteiger partial charge in [-0.2, -0.15) is 0 Å². The van der Waals surface area contributed by atoms with Gasteiger partial charge in [-0.15, -0.1) is 5.10 Å². The van der Waals surface area contributed by atoms with Crippen molar-refractivity contribution in [2.75, 3.05) is 39.4 Å². The Labute approximate surface area is 217 Å². The zero-order chi connectivity index (χ0) is 25.6. The predicted molar refractivity (Wildman–Crippen MR) is 143 cm³/mol. The molecule has 1 N–H and O–H groups in total. The first-order valence-corrected chi connectivity index (χ1v) is 13.1. The number of nitrogens with zero attached hydrogens (tertiary/aromatic N) is 6. The second-order valence-electron chi connectivity index (χ2n) is 9.74. The van der Waals surface area contributed by atoms with Crippen LogP contribution in [0.25, 0.3) is 10.9 Å². The zero-order valence-corrected chi connectivity index (χ0v) is 21.6. The van der Waals surface area contributed by atoms with E-state index in [1.807, 2.05) is 41.1 Å². The van der Waals surface area contributed by atoms with Crippen LogP contribution in [0.15, 0.2) is 59.4 Å². The summed E-state index contributed by atoms with van der Waals surface area (Å²) in [4.78, 5) is 21.0. The van der Waals surface area contributed by atoms with Crippen molar-refractivity contribution in [2.24, 2.45) is 0 Å². The van der Waals surface area contributed by atoms with Gasteiger partial charge in [0, 0.05) is 43.8 Å². The van der Waals surface area contributed by atoms with E-state index in [2.05, 4.69) is 62.4 Å². The Bertz CT molecular complexity index is 1360. The van der Waals surface area contributed by atoms with Crippen molar-refractivity contribution in [3.8, 4) is 0 Å². The number of H-pyrrole nitrogens is 1. The molecule has 1 unspecified atom stereocenters. The second-order valence-corrected chi connectivity index (χ2v) is 9.74. The van der Waals surface area contributed by atoms with Crippen molar-refractivity contribution in [3.05, 3.63) is 87.5 Å². The number of pyridine rings is 1. The molecule has 3 heterocycles. The summed E-state index contributed by atoms with van der Waals surface area (Å²) in [6.45, 7) is 10.4. The van der Waals surface area contributed by atoms with Gasteiger partial charge in [0.05, 0.1) is 25.8 Å². The van der Waals surface area contributed by atoms with E-state index in [4.69, 9.17) is 4.74 Å². The van der Waals surface area contributed by atoms with Crippen LogP contribution in [0.3, 0.4) is 0 Å². The van der Waals surface area contributed by atoms with Crippen molar-refractivity contribution >= 4 is 10.9 Å². The average Bonchev–Trinajstić information content (AvgIpc) is 3.37. The van der Waals surface area contributed by atoms with Gasteiger partial charge in [-0.25, -0.2) is 4.68 Å². The van der Waals surface area contributed by atoms with Gasteiger partial charge in [0.15, 0.2) is 5.82 Å². The van der Waals surface area contributed by atoms with Gasteiger partial charge in [-0.1, -0.05) is 48.9 Å². The van der Waals surface area contributed by atoms with E-state index in [1.54, 1.807) is 0 Å². The van der Waals surface area contributed by atoms with E-state index in [0.717, 1.165) is 73.7 Å². The summed E-state index contributed by atoms with van der Waals surface area (Å²) in [7, 11) is 0. The number of aromatic amines is 1. The van der Waals surface area contributed by atoms with Gasteiger partial charge in [0.1, 0.15) is 0 Å². The van der Waals surface area contributed by atoms with Crippen LogP contribution in [0.1, 0.15) is 41.9 Å². The van der Waals surface area contributed by atoms with Crippen LogP contribution in [0.2, 0.25) is 0 Å². The summed E-state index contributed by atoms with van der Waals surface area (Å²) < 4.78 is 7.43. The summed E-state index contributed by atoms with van der Waals surface area (Å²) in [6.07, 6.45) is 0.822. The molecule has 1 atom stereocenters. The maximum atomic E-state index is 13.1. The number of nitrogens with one attached hydrogen (secondary N) is 1. The highest BCUT2D eigenvalue weighted by Crippen LogP contribution is 2.25. The fourth-order valence-corrected chi connectivity index (χ4v) is 5.07. The number of aryl methyl sites for hydroxylation is 1. The third-order valence-electron chi connectivity index (χ3n) is 7.12. The van der Waals surface area contributed by atoms with E-state index in [1.165, 1.54) is 5.56 Å². The molecule has 1 fully saturated rings. The molecule has 194 valence electrons. The van der Waals surface area contributed by atoms with Crippen LogP contribution in [0, 0.1) is 6.92 Å². The molecule has 0 saturated carbocycles. The quantitative estimate of drug-likeness (QED) is 0.357.